The number of hydrogen-bond donors (Lipinski definition) is 2. The maximum atomic E-state index is 10.00. The minimum atomic E-state index is -0.522. The van der Waals surface area contributed by atoms with Crippen LogP contribution in [0.1, 0.15) is 17.4 Å². The number of benzene rings is 1. The molecule has 3 nitrogen and oxygen atoms in total. The standard InChI is InChI=1S/C13H15NO2/c1-16-13-7-3-2-5-10(13)9-12(15)11-6-4-8-14-11/h2-8,12,14-15H,9H2,1H3. The lowest BCUT2D eigenvalue weighted by Gasteiger charge is -2.12. The number of nitrogens with one attached hydrogen (secondary N) is 1. The molecular weight excluding hydrogens is 202 g/mol. The Kier molecular flexibility index (Phi) is 3.27. The lowest BCUT2D eigenvalue weighted by Crippen LogP contribution is -2.03. The molecule has 0 aliphatic rings. The number of para-hydroxylation sites is 1. The summed E-state index contributed by atoms with van der Waals surface area (Å²) in [6.07, 6.45) is 1.83. The van der Waals surface area contributed by atoms with Crippen molar-refractivity contribution in [3.63, 3.8) is 0 Å². The molecule has 84 valence electrons. The van der Waals surface area contributed by atoms with Crippen LogP contribution in [-0.2, 0) is 6.42 Å². The third-order valence-corrected chi connectivity index (χ3v) is 2.59. The average molecular weight is 217 g/mol. The molecule has 0 spiro atoms. The van der Waals surface area contributed by atoms with Crippen LogP contribution in [0.2, 0.25) is 0 Å². The molecule has 3 heteroatoms. The molecule has 1 aromatic heterocycles. The summed E-state index contributed by atoms with van der Waals surface area (Å²) in [5.41, 5.74) is 1.83. The van der Waals surface area contributed by atoms with Crippen molar-refractivity contribution in [1.82, 2.24) is 4.98 Å². The maximum absolute atomic E-state index is 10.00. The first kappa shape index (κ1) is 10.8. The van der Waals surface area contributed by atoms with Gasteiger partial charge in [-0.25, -0.2) is 0 Å². The molecule has 0 fully saturated rings. The summed E-state index contributed by atoms with van der Waals surface area (Å²) >= 11 is 0. The summed E-state index contributed by atoms with van der Waals surface area (Å²) in [7, 11) is 1.64. The van der Waals surface area contributed by atoms with Gasteiger partial charge in [-0.05, 0) is 23.8 Å². The number of aliphatic hydroxyl groups is 1. The van der Waals surface area contributed by atoms with Crippen molar-refractivity contribution < 1.29 is 9.84 Å². The highest BCUT2D eigenvalue weighted by Crippen LogP contribution is 2.23. The van der Waals surface area contributed by atoms with Crippen LogP contribution in [0.3, 0.4) is 0 Å². The second kappa shape index (κ2) is 4.86. The monoisotopic (exact) mass is 217 g/mol. The van der Waals surface area contributed by atoms with Gasteiger partial charge in [0, 0.05) is 18.3 Å². The molecule has 0 saturated heterocycles. The SMILES string of the molecule is COc1ccccc1CC(O)c1ccc[nH]1. The lowest BCUT2D eigenvalue weighted by atomic mass is 10.0. The van der Waals surface area contributed by atoms with Gasteiger partial charge in [0.1, 0.15) is 5.75 Å². The van der Waals surface area contributed by atoms with Gasteiger partial charge >= 0.3 is 0 Å². The number of ether oxygens (including phenoxy) is 1. The number of aromatic amines is 1. The molecule has 0 saturated carbocycles. The van der Waals surface area contributed by atoms with Crippen LogP contribution in [0.5, 0.6) is 5.75 Å². The van der Waals surface area contributed by atoms with E-state index < -0.39 is 6.10 Å². The van der Waals surface area contributed by atoms with Crippen molar-refractivity contribution in [2.45, 2.75) is 12.5 Å². The molecular formula is C13H15NO2. The zero-order chi connectivity index (χ0) is 11.4. The minimum absolute atomic E-state index is 0.522. The van der Waals surface area contributed by atoms with Gasteiger partial charge in [-0.1, -0.05) is 18.2 Å². The fourth-order valence-corrected chi connectivity index (χ4v) is 1.74. The summed E-state index contributed by atoms with van der Waals surface area (Å²) in [6.45, 7) is 0. The van der Waals surface area contributed by atoms with E-state index in [1.807, 2.05) is 36.4 Å². The third-order valence-electron chi connectivity index (χ3n) is 2.59. The summed E-state index contributed by atoms with van der Waals surface area (Å²) in [5.74, 6) is 0.813. The number of methoxy groups -OCH3 is 1. The third kappa shape index (κ3) is 2.25. The van der Waals surface area contributed by atoms with E-state index in [2.05, 4.69) is 4.98 Å². The molecule has 2 N–H and O–H groups in total. The van der Waals surface area contributed by atoms with Crippen LogP contribution in [0.4, 0.5) is 0 Å². The highest BCUT2D eigenvalue weighted by Gasteiger charge is 2.11. The van der Waals surface area contributed by atoms with Gasteiger partial charge in [-0.3, -0.25) is 0 Å². The number of H-pyrrole nitrogens is 1. The zero-order valence-corrected chi connectivity index (χ0v) is 9.18. The zero-order valence-electron chi connectivity index (χ0n) is 9.18. The molecule has 16 heavy (non-hydrogen) atoms. The molecule has 1 heterocycles. The summed E-state index contributed by atoms with van der Waals surface area (Å²) in [5, 5.41) is 10.00. The van der Waals surface area contributed by atoms with Crippen LogP contribution in [0.25, 0.3) is 0 Å². The fourth-order valence-electron chi connectivity index (χ4n) is 1.74. The van der Waals surface area contributed by atoms with Crippen molar-refractivity contribution in [3.8, 4) is 5.75 Å². The smallest absolute Gasteiger partial charge is 0.122 e. The molecule has 0 radical (unpaired) electrons. The van der Waals surface area contributed by atoms with Gasteiger partial charge in [0.25, 0.3) is 0 Å². The number of rotatable bonds is 4. The Hall–Kier alpha value is -1.74. The second-order valence-electron chi connectivity index (χ2n) is 3.66. The molecule has 0 aliphatic heterocycles. The fraction of sp³-hybridized carbons (Fsp3) is 0.231. The van der Waals surface area contributed by atoms with Gasteiger partial charge in [0.05, 0.1) is 13.2 Å². The lowest BCUT2D eigenvalue weighted by molar-refractivity contribution is 0.173. The van der Waals surface area contributed by atoms with Gasteiger partial charge in [0.15, 0.2) is 0 Å². The molecule has 0 amide bonds. The van der Waals surface area contributed by atoms with Crippen LogP contribution in [0, 0.1) is 0 Å². The summed E-state index contributed by atoms with van der Waals surface area (Å²) < 4.78 is 5.24. The topological polar surface area (TPSA) is 45.2 Å². The molecule has 0 aliphatic carbocycles. The van der Waals surface area contributed by atoms with E-state index >= 15 is 0 Å². The molecule has 1 atom stereocenters. The van der Waals surface area contributed by atoms with Crippen LogP contribution < -0.4 is 4.74 Å². The minimum Gasteiger partial charge on any atom is -0.496 e. The first-order valence-corrected chi connectivity index (χ1v) is 5.24. The Morgan fingerprint density at radius 2 is 2.06 bits per heavy atom. The molecule has 0 bridgehead atoms. The Bertz CT molecular complexity index is 437. The maximum Gasteiger partial charge on any atom is 0.122 e. The van der Waals surface area contributed by atoms with Crippen molar-refractivity contribution in [2.75, 3.05) is 7.11 Å². The van der Waals surface area contributed by atoms with E-state index in [1.165, 1.54) is 0 Å². The van der Waals surface area contributed by atoms with Crippen molar-refractivity contribution in [1.29, 1.82) is 0 Å². The molecule has 2 rings (SSSR count). The van der Waals surface area contributed by atoms with Gasteiger partial charge in [-0.15, -0.1) is 0 Å². The molecule has 1 aromatic carbocycles. The Morgan fingerprint density at radius 1 is 1.25 bits per heavy atom. The van der Waals surface area contributed by atoms with E-state index in [9.17, 15) is 5.11 Å². The second-order valence-corrected chi connectivity index (χ2v) is 3.66. The highest BCUT2D eigenvalue weighted by atomic mass is 16.5. The largest absolute Gasteiger partial charge is 0.496 e. The normalized spacial score (nSPS) is 12.4. The van der Waals surface area contributed by atoms with Gasteiger partial charge in [0.2, 0.25) is 0 Å². The van der Waals surface area contributed by atoms with Gasteiger partial charge in [-0.2, -0.15) is 0 Å². The highest BCUT2D eigenvalue weighted by molar-refractivity contribution is 5.34. The van der Waals surface area contributed by atoms with E-state index in [0.717, 1.165) is 17.0 Å². The number of aromatic nitrogens is 1. The van der Waals surface area contributed by atoms with E-state index in [-0.39, 0.29) is 0 Å². The van der Waals surface area contributed by atoms with Crippen LogP contribution >= 0.6 is 0 Å². The Balaban J connectivity index is 2.14. The first-order chi connectivity index (χ1) is 7.81. The predicted molar refractivity (Wildman–Crippen MR) is 62.5 cm³/mol. The number of aliphatic hydroxyl groups excluding tert-OH is 1. The Labute approximate surface area is 94.7 Å². The van der Waals surface area contributed by atoms with Crippen molar-refractivity contribution in [2.24, 2.45) is 0 Å². The van der Waals surface area contributed by atoms with E-state index in [4.69, 9.17) is 4.74 Å². The Morgan fingerprint density at radius 3 is 2.75 bits per heavy atom. The molecule has 2 aromatic rings. The van der Waals surface area contributed by atoms with Crippen molar-refractivity contribution in [3.05, 3.63) is 53.9 Å². The summed E-state index contributed by atoms with van der Waals surface area (Å²) in [6, 6.07) is 11.5. The predicted octanol–water partition coefficient (Wildman–Crippen LogP) is 2.30. The van der Waals surface area contributed by atoms with Gasteiger partial charge < -0.3 is 14.8 Å². The molecule has 1 unspecified atom stereocenters. The van der Waals surface area contributed by atoms with Crippen molar-refractivity contribution >= 4 is 0 Å². The van der Waals surface area contributed by atoms with E-state index in [0.29, 0.717) is 6.42 Å². The van der Waals surface area contributed by atoms with Crippen LogP contribution in [-0.4, -0.2) is 17.2 Å². The average Bonchev–Trinajstić information content (AvgIpc) is 2.83. The number of hydrogen-bond acceptors (Lipinski definition) is 2. The summed E-state index contributed by atoms with van der Waals surface area (Å²) in [4.78, 5) is 3.00. The van der Waals surface area contributed by atoms with E-state index in [1.54, 1.807) is 13.3 Å². The first-order valence-electron chi connectivity index (χ1n) is 5.24. The quantitative estimate of drug-likeness (QED) is 0.825. The van der Waals surface area contributed by atoms with Crippen LogP contribution in [0.15, 0.2) is 42.6 Å².